The molecule has 0 heterocycles. The fourth-order valence-electron chi connectivity index (χ4n) is 4.88. The molecule has 0 aromatic heterocycles. The lowest BCUT2D eigenvalue weighted by Gasteiger charge is -2.34. The van der Waals surface area contributed by atoms with Gasteiger partial charge in [0.1, 0.15) is 12.6 Å². The Bertz CT molecular complexity index is 1740. The van der Waals surface area contributed by atoms with E-state index < -0.39 is 33.4 Å². The van der Waals surface area contributed by atoms with Crippen molar-refractivity contribution in [3.05, 3.63) is 135 Å². The van der Waals surface area contributed by atoms with Crippen molar-refractivity contribution >= 4 is 44.8 Å². The van der Waals surface area contributed by atoms with Crippen LogP contribution in [0.2, 0.25) is 5.02 Å². The number of halogens is 1. The zero-order valence-electron chi connectivity index (χ0n) is 25.3. The summed E-state index contributed by atoms with van der Waals surface area (Å²) in [5.74, 6) is -1.02. The number of nitro benzene ring substituents is 1. The highest BCUT2D eigenvalue weighted by Crippen LogP contribution is 2.27. The van der Waals surface area contributed by atoms with E-state index in [2.05, 4.69) is 5.32 Å². The van der Waals surface area contributed by atoms with Crippen molar-refractivity contribution in [1.82, 2.24) is 10.2 Å². The van der Waals surface area contributed by atoms with Gasteiger partial charge in [-0.15, -0.1) is 0 Å². The summed E-state index contributed by atoms with van der Waals surface area (Å²) in [4.78, 5) is 40.2. The van der Waals surface area contributed by atoms with Crippen molar-refractivity contribution in [2.75, 3.05) is 17.4 Å². The van der Waals surface area contributed by atoms with Gasteiger partial charge in [-0.1, -0.05) is 85.6 Å². The number of nitrogens with zero attached hydrogens (tertiary/aromatic N) is 3. The van der Waals surface area contributed by atoms with Crippen LogP contribution in [0.5, 0.6) is 0 Å². The Balaban J connectivity index is 1.79. The number of sulfonamides is 1. The van der Waals surface area contributed by atoms with E-state index in [1.165, 1.54) is 41.3 Å². The Labute approximate surface area is 273 Å². The second-order valence-corrected chi connectivity index (χ2v) is 12.9. The first-order valence-electron chi connectivity index (χ1n) is 14.8. The topological polar surface area (TPSA) is 130 Å². The molecule has 4 rings (SSSR count). The number of non-ortho nitro benzene ring substituents is 1. The van der Waals surface area contributed by atoms with Crippen LogP contribution in [0.25, 0.3) is 0 Å². The largest absolute Gasteiger partial charge is 0.354 e. The van der Waals surface area contributed by atoms with E-state index in [1.807, 2.05) is 37.3 Å². The van der Waals surface area contributed by atoms with Crippen LogP contribution in [0, 0.1) is 10.1 Å². The molecule has 0 aliphatic heterocycles. The molecule has 1 atom stereocenters. The summed E-state index contributed by atoms with van der Waals surface area (Å²) in [6.45, 7) is 1.71. The summed E-state index contributed by atoms with van der Waals surface area (Å²) in [7, 11) is -4.32. The van der Waals surface area contributed by atoms with Gasteiger partial charge in [-0.2, -0.15) is 0 Å². The number of rotatable bonds is 15. The van der Waals surface area contributed by atoms with Gasteiger partial charge in [0.25, 0.3) is 15.7 Å². The smallest absolute Gasteiger partial charge is 0.269 e. The maximum absolute atomic E-state index is 14.4. The molecule has 4 aromatic rings. The summed E-state index contributed by atoms with van der Waals surface area (Å²) < 4.78 is 28.9. The molecule has 10 nitrogen and oxygen atoms in total. The number of nitro groups is 1. The predicted octanol–water partition coefficient (Wildman–Crippen LogP) is 6.00. The van der Waals surface area contributed by atoms with Crippen LogP contribution < -0.4 is 9.62 Å². The van der Waals surface area contributed by atoms with Crippen LogP contribution in [0.4, 0.5) is 11.4 Å². The van der Waals surface area contributed by atoms with Crippen molar-refractivity contribution < 1.29 is 22.9 Å². The maximum atomic E-state index is 14.4. The minimum absolute atomic E-state index is 0.0302. The van der Waals surface area contributed by atoms with Gasteiger partial charge < -0.3 is 10.2 Å². The van der Waals surface area contributed by atoms with Crippen LogP contribution in [0.1, 0.15) is 30.9 Å². The Kier molecular flexibility index (Phi) is 11.9. The fraction of sp³-hybridized carbons (Fsp3) is 0.235. The number of nitrogens with one attached hydrogen (secondary N) is 1. The molecule has 0 spiro atoms. The van der Waals surface area contributed by atoms with Gasteiger partial charge >= 0.3 is 0 Å². The van der Waals surface area contributed by atoms with Gasteiger partial charge in [-0.05, 0) is 53.9 Å². The number of hydrogen-bond acceptors (Lipinski definition) is 6. The lowest BCUT2D eigenvalue weighted by Crippen LogP contribution is -2.53. The lowest BCUT2D eigenvalue weighted by atomic mass is 10.0. The van der Waals surface area contributed by atoms with Crippen molar-refractivity contribution in [3.8, 4) is 0 Å². The highest BCUT2D eigenvalue weighted by Gasteiger charge is 2.34. The normalized spacial score (nSPS) is 11.8. The van der Waals surface area contributed by atoms with Crippen molar-refractivity contribution in [2.45, 2.75) is 43.7 Å². The van der Waals surface area contributed by atoms with E-state index in [0.29, 0.717) is 17.1 Å². The second-order valence-electron chi connectivity index (χ2n) is 10.6. The number of carbonyl (C=O) groups is 2. The molecule has 46 heavy (non-hydrogen) atoms. The van der Waals surface area contributed by atoms with Gasteiger partial charge in [0.05, 0.1) is 15.5 Å². The van der Waals surface area contributed by atoms with E-state index in [9.17, 15) is 28.1 Å². The van der Waals surface area contributed by atoms with Crippen molar-refractivity contribution in [2.24, 2.45) is 0 Å². The first kappa shape index (κ1) is 34.1. The van der Waals surface area contributed by atoms with Gasteiger partial charge in [-0.25, -0.2) is 8.42 Å². The first-order chi connectivity index (χ1) is 22.1. The minimum Gasteiger partial charge on any atom is -0.354 e. The molecule has 12 heteroatoms. The molecule has 1 N–H and O–H groups in total. The molecule has 0 aliphatic rings. The van der Waals surface area contributed by atoms with Gasteiger partial charge in [0, 0.05) is 36.7 Å². The standard InChI is InChI=1S/C34H35ClN4O6S/c1-2-3-21-36-34(41)32(23-26-11-6-4-7-12-26)37(24-27-13-10-14-28(35)22-27)33(40)25-38(29-17-19-30(20-18-29)39(42)43)46(44,45)31-15-8-5-9-16-31/h4-20,22,32H,2-3,21,23-25H2,1H3,(H,36,41)/t32-/m1/s1. The monoisotopic (exact) mass is 662 g/mol. The number of carbonyl (C=O) groups excluding carboxylic acids is 2. The summed E-state index contributed by atoms with van der Waals surface area (Å²) in [5.41, 5.74) is 1.28. The maximum Gasteiger partial charge on any atom is 0.269 e. The lowest BCUT2D eigenvalue weighted by molar-refractivity contribution is -0.384. The van der Waals surface area contributed by atoms with E-state index in [4.69, 9.17) is 11.6 Å². The van der Waals surface area contributed by atoms with Gasteiger partial charge in [0.15, 0.2) is 0 Å². The second kappa shape index (κ2) is 16.0. The van der Waals surface area contributed by atoms with E-state index in [1.54, 1.807) is 42.5 Å². The predicted molar refractivity (Wildman–Crippen MR) is 178 cm³/mol. The van der Waals surface area contributed by atoms with E-state index in [-0.39, 0.29) is 35.1 Å². The minimum atomic E-state index is -4.32. The molecule has 0 fully saturated rings. The molecule has 2 amide bonds. The molecule has 0 unspecified atom stereocenters. The third kappa shape index (κ3) is 8.92. The average molecular weight is 663 g/mol. The fourth-order valence-corrected chi connectivity index (χ4v) is 6.53. The van der Waals surface area contributed by atoms with Crippen molar-refractivity contribution in [1.29, 1.82) is 0 Å². The summed E-state index contributed by atoms with van der Waals surface area (Å²) >= 11 is 6.27. The molecule has 240 valence electrons. The average Bonchev–Trinajstić information content (AvgIpc) is 3.06. The molecule has 0 bridgehead atoms. The number of hydrogen-bond donors (Lipinski definition) is 1. The molecule has 0 saturated heterocycles. The summed E-state index contributed by atoms with van der Waals surface area (Å²) in [6.07, 6.45) is 1.78. The molecule has 0 saturated carbocycles. The van der Waals surface area contributed by atoms with Crippen LogP contribution in [0.15, 0.2) is 114 Å². The Hall–Kier alpha value is -4.74. The van der Waals surface area contributed by atoms with Crippen molar-refractivity contribution in [3.63, 3.8) is 0 Å². The molecular weight excluding hydrogens is 628 g/mol. The number of anilines is 1. The summed E-state index contributed by atoms with van der Waals surface area (Å²) in [5, 5.41) is 14.7. The Morgan fingerprint density at radius 1 is 0.891 bits per heavy atom. The third-order valence-electron chi connectivity index (χ3n) is 7.30. The van der Waals surface area contributed by atoms with E-state index in [0.717, 1.165) is 22.7 Å². The van der Waals surface area contributed by atoms with Gasteiger partial charge in [0.2, 0.25) is 11.8 Å². The van der Waals surface area contributed by atoms with E-state index >= 15 is 0 Å². The molecule has 0 radical (unpaired) electrons. The first-order valence-corrected chi connectivity index (χ1v) is 16.6. The van der Waals surface area contributed by atoms with Crippen LogP contribution in [-0.4, -0.2) is 49.2 Å². The van der Waals surface area contributed by atoms with Crippen LogP contribution >= 0.6 is 11.6 Å². The SMILES string of the molecule is CCCCNC(=O)[C@@H](Cc1ccccc1)N(Cc1cccc(Cl)c1)C(=O)CN(c1ccc([N+](=O)[O-])cc1)S(=O)(=O)c1ccccc1. The highest BCUT2D eigenvalue weighted by molar-refractivity contribution is 7.92. The quantitative estimate of drug-likeness (QED) is 0.0944. The molecule has 4 aromatic carbocycles. The Morgan fingerprint density at radius 2 is 1.52 bits per heavy atom. The number of benzene rings is 4. The zero-order chi connectivity index (χ0) is 33.1. The zero-order valence-corrected chi connectivity index (χ0v) is 26.9. The number of unbranched alkanes of at least 4 members (excludes halogenated alkanes) is 1. The van der Waals surface area contributed by atoms with Gasteiger partial charge in [-0.3, -0.25) is 24.0 Å². The Morgan fingerprint density at radius 3 is 2.13 bits per heavy atom. The third-order valence-corrected chi connectivity index (χ3v) is 9.32. The highest BCUT2D eigenvalue weighted by atomic mass is 35.5. The summed E-state index contributed by atoms with van der Waals surface area (Å²) in [6, 6.07) is 27.7. The van der Waals surface area contributed by atoms with Crippen LogP contribution in [-0.2, 0) is 32.6 Å². The van der Waals surface area contributed by atoms with Crippen LogP contribution in [0.3, 0.4) is 0 Å². The molecule has 0 aliphatic carbocycles. The number of amides is 2. The molecular formula is C34H35ClN4O6S.